The number of aromatic nitrogens is 4. The Morgan fingerprint density at radius 3 is 2.42 bits per heavy atom. The zero-order valence-corrected chi connectivity index (χ0v) is 17.4. The Kier molecular flexibility index (Phi) is 6.21. The first-order valence-electron chi connectivity index (χ1n) is 10.3. The zero-order chi connectivity index (χ0) is 21.6. The van der Waals surface area contributed by atoms with Crippen LogP contribution in [0.4, 0.5) is 5.95 Å². The normalized spacial score (nSPS) is 13.8. The number of hydrogen-bond donors (Lipinski definition) is 1. The lowest BCUT2D eigenvalue weighted by molar-refractivity contribution is -0.131. The number of amides is 2. The molecule has 1 fully saturated rings. The fourth-order valence-corrected chi connectivity index (χ4v) is 3.64. The predicted molar refractivity (Wildman–Crippen MR) is 116 cm³/mol. The van der Waals surface area contributed by atoms with Crippen LogP contribution in [0.5, 0.6) is 0 Å². The molecule has 0 bridgehead atoms. The smallest absolute Gasteiger partial charge is 0.251 e. The van der Waals surface area contributed by atoms with Crippen LogP contribution in [0.15, 0.2) is 54.6 Å². The Balaban J connectivity index is 1.27. The van der Waals surface area contributed by atoms with Gasteiger partial charge in [-0.15, -0.1) is 0 Å². The van der Waals surface area contributed by atoms with Crippen LogP contribution < -0.4 is 10.2 Å². The highest BCUT2D eigenvalue weighted by atomic mass is 16.2. The highest BCUT2D eigenvalue weighted by Gasteiger charge is 2.24. The standard InChI is InChI=1S/C22H25N7O2/c1-17-7-5-6-10-19(17)21(31)23-12-11-20(30)27-13-15-28(16-14-27)22-24-25-26-29(22)18-8-3-2-4-9-18/h2-10H,11-16H2,1H3,(H,23,31). The summed E-state index contributed by atoms with van der Waals surface area (Å²) in [5.41, 5.74) is 2.45. The molecular formula is C22H25N7O2. The Labute approximate surface area is 180 Å². The number of nitrogens with one attached hydrogen (secondary N) is 1. The molecule has 4 rings (SSSR count). The Morgan fingerprint density at radius 1 is 0.968 bits per heavy atom. The van der Waals surface area contributed by atoms with E-state index in [-0.39, 0.29) is 18.2 Å². The highest BCUT2D eigenvalue weighted by Crippen LogP contribution is 2.17. The number of anilines is 1. The molecule has 2 aromatic carbocycles. The van der Waals surface area contributed by atoms with E-state index < -0.39 is 0 Å². The van der Waals surface area contributed by atoms with Crippen molar-refractivity contribution in [1.82, 2.24) is 30.4 Å². The highest BCUT2D eigenvalue weighted by molar-refractivity contribution is 5.95. The molecule has 0 saturated carbocycles. The quantitative estimate of drug-likeness (QED) is 0.650. The molecule has 0 aliphatic carbocycles. The van der Waals surface area contributed by atoms with Gasteiger partial charge in [-0.05, 0) is 41.1 Å². The van der Waals surface area contributed by atoms with Gasteiger partial charge in [0.2, 0.25) is 11.9 Å². The molecule has 0 radical (unpaired) electrons. The van der Waals surface area contributed by atoms with Gasteiger partial charge < -0.3 is 15.1 Å². The minimum atomic E-state index is -0.150. The largest absolute Gasteiger partial charge is 0.352 e. The SMILES string of the molecule is Cc1ccccc1C(=O)NCCC(=O)N1CCN(c2nnnn2-c2ccccc2)CC1. The maximum absolute atomic E-state index is 12.6. The molecule has 1 aliphatic heterocycles. The van der Waals surface area contributed by atoms with Gasteiger partial charge in [0.05, 0.1) is 5.69 Å². The molecule has 31 heavy (non-hydrogen) atoms. The van der Waals surface area contributed by atoms with E-state index in [0.717, 1.165) is 11.3 Å². The van der Waals surface area contributed by atoms with E-state index in [4.69, 9.17) is 0 Å². The van der Waals surface area contributed by atoms with Gasteiger partial charge >= 0.3 is 0 Å². The van der Waals surface area contributed by atoms with Gasteiger partial charge in [0.15, 0.2) is 0 Å². The summed E-state index contributed by atoms with van der Waals surface area (Å²) in [5.74, 6) is 0.555. The number of para-hydroxylation sites is 1. The molecule has 2 amide bonds. The molecule has 1 aliphatic rings. The maximum atomic E-state index is 12.6. The van der Waals surface area contributed by atoms with E-state index >= 15 is 0 Å². The van der Waals surface area contributed by atoms with Crippen molar-refractivity contribution in [3.05, 3.63) is 65.7 Å². The second-order valence-electron chi connectivity index (χ2n) is 7.41. The first-order valence-corrected chi connectivity index (χ1v) is 10.3. The minimum absolute atomic E-state index is 0.0346. The number of carbonyl (C=O) groups excluding carboxylic acids is 2. The van der Waals surface area contributed by atoms with Crippen molar-refractivity contribution >= 4 is 17.8 Å². The predicted octanol–water partition coefficient (Wildman–Crippen LogP) is 1.44. The molecule has 160 valence electrons. The van der Waals surface area contributed by atoms with Crippen LogP contribution in [0, 0.1) is 6.92 Å². The van der Waals surface area contributed by atoms with E-state index in [1.165, 1.54) is 0 Å². The monoisotopic (exact) mass is 419 g/mol. The van der Waals surface area contributed by atoms with Gasteiger partial charge in [0, 0.05) is 44.7 Å². The average molecular weight is 419 g/mol. The molecule has 0 spiro atoms. The number of carbonyl (C=O) groups is 2. The zero-order valence-electron chi connectivity index (χ0n) is 17.4. The molecule has 9 nitrogen and oxygen atoms in total. The van der Waals surface area contributed by atoms with Crippen LogP contribution in [0.3, 0.4) is 0 Å². The van der Waals surface area contributed by atoms with Crippen LogP contribution in [-0.2, 0) is 4.79 Å². The molecule has 1 N–H and O–H groups in total. The van der Waals surface area contributed by atoms with Gasteiger partial charge in [0.25, 0.3) is 5.91 Å². The molecular weight excluding hydrogens is 394 g/mol. The summed E-state index contributed by atoms with van der Waals surface area (Å²) < 4.78 is 1.71. The number of tetrazole rings is 1. The van der Waals surface area contributed by atoms with E-state index in [1.54, 1.807) is 10.7 Å². The lowest BCUT2D eigenvalue weighted by Gasteiger charge is -2.34. The van der Waals surface area contributed by atoms with Crippen LogP contribution in [0.25, 0.3) is 5.69 Å². The summed E-state index contributed by atoms with van der Waals surface area (Å²) in [6, 6.07) is 17.1. The first-order chi connectivity index (χ1) is 15.1. The second kappa shape index (κ2) is 9.38. The number of rotatable bonds is 6. The Bertz CT molecular complexity index is 1040. The van der Waals surface area contributed by atoms with E-state index in [9.17, 15) is 9.59 Å². The lowest BCUT2D eigenvalue weighted by atomic mass is 10.1. The van der Waals surface area contributed by atoms with E-state index in [1.807, 2.05) is 60.4 Å². The number of hydrogen-bond acceptors (Lipinski definition) is 6. The van der Waals surface area contributed by atoms with Gasteiger partial charge in [-0.2, -0.15) is 4.68 Å². The average Bonchev–Trinajstić information content (AvgIpc) is 3.30. The fraction of sp³-hybridized carbons (Fsp3) is 0.318. The third-order valence-corrected chi connectivity index (χ3v) is 5.38. The Morgan fingerprint density at radius 2 is 1.68 bits per heavy atom. The van der Waals surface area contributed by atoms with Gasteiger partial charge in [-0.25, -0.2) is 0 Å². The summed E-state index contributed by atoms with van der Waals surface area (Å²) >= 11 is 0. The summed E-state index contributed by atoms with van der Waals surface area (Å²) in [6.07, 6.45) is 0.277. The van der Waals surface area contributed by atoms with Crippen LogP contribution >= 0.6 is 0 Å². The third kappa shape index (κ3) is 4.71. The van der Waals surface area contributed by atoms with Gasteiger partial charge in [0.1, 0.15) is 0 Å². The van der Waals surface area contributed by atoms with Crippen LogP contribution in [0.2, 0.25) is 0 Å². The maximum Gasteiger partial charge on any atom is 0.251 e. The van der Waals surface area contributed by atoms with Crippen LogP contribution in [0.1, 0.15) is 22.3 Å². The lowest BCUT2D eigenvalue weighted by Crippen LogP contribution is -2.50. The molecule has 3 aromatic rings. The molecule has 9 heteroatoms. The van der Waals surface area contributed by atoms with E-state index in [0.29, 0.717) is 44.2 Å². The van der Waals surface area contributed by atoms with Crippen molar-refractivity contribution in [2.45, 2.75) is 13.3 Å². The molecule has 2 heterocycles. The summed E-state index contributed by atoms with van der Waals surface area (Å²) in [7, 11) is 0. The number of aryl methyl sites for hydroxylation is 1. The summed E-state index contributed by atoms with van der Waals surface area (Å²) in [4.78, 5) is 28.8. The van der Waals surface area contributed by atoms with E-state index in [2.05, 4.69) is 25.7 Å². The minimum Gasteiger partial charge on any atom is -0.352 e. The van der Waals surface area contributed by atoms with Crippen molar-refractivity contribution in [2.24, 2.45) is 0 Å². The van der Waals surface area contributed by atoms with Crippen LogP contribution in [-0.4, -0.2) is 69.6 Å². The number of benzene rings is 2. The van der Waals surface area contributed by atoms with Crippen molar-refractivity contribution in [3.63, 3.8) is 0 Å². The topological polar surface area (TPSA) is 96.2 Å². The molecule has 1 aromatic heterocycles. The van der Waals surface area contributed by atoms with Crippen molar-refractivity contribution in [2.75, 3.05) is 37.6 Å². The van der Waals surface area contributed by atoms with Gasteiger partial charge in [-0.1, -0.05) is 41.5 Å². The molecule has 0 atom stereocenters. The first kappa shape index (κ1) is 20.5. The summed E-state index contributed by atoms with van der Waals surface area (Å²) in [6.45, 7) is 4.69. The molecule has 0 unspecified atom stereocenters. The Hall–Kier alpha value is -3.75. The summed E-state index contributed by atoms with van der Waals surface area (Å²) in [5, 5.41) is 14.9. The second-order valence-corrected chi connectivity index (χ2v) is 7.41. The van der Waals surface area contributed by atoms with Crippen molar-refractivity contribution in [3.8, 4) is 5.69 Å². The van der Waals surface area contributed by atoms with Crippen molar-refractivity contribution in [1.29, 1.82) is 0 Å². The van der Waals surface area contributed by atoms with Gasteiger partial charge in [-0.3, -0.25) is 9.59 Å². The molecule has 1 saturated heterocycles. The fourth-order valence-electron chi connectivity index (χ4n) is 3.64. The number of nitrogens with zero attached hydrogens (tertiary/aromatic N) is 6. The van der Waals surface area contributed by atoms with Crippen molar-refractivity contribution < 1.29 is 9.59 Å². The number of piperazine rings is 1. The third-order valence-electron chi connectivity index (χ3n) is 5.38.